The van der Waals surface area contributed by atoms with Gasteiger partial charge < -0.3 is 20.2 Å². The number of nitrogens with zero attached hydrogens (tertiary/aromatic N) is 3. The molecule has 2 aliphatic rings. The van der Waals surface area contributed by atoms with Crippen LogP contribution in [0.1, 0.15) is 69.9 Å². The van der Waals surface area contributed by atoms with E-state index < -0.39 is 10.0 Å². The van der Waals surface area contributed by atoms with E-state index in [1.807, 2.05) is 0 Å². The Morgan fingerprint density at radius 2 is 1.59 bits per heavy atom. The number of likely N-dealkylation sites (tertiary alicyclic amines) is 1. The van der Waals surface area contributed by atoms with E-state index in [9.17, 15) is 18.3 Å². The fourth-order valence-electron chi connectivity index (χ4n) is 6.10. The van der Waals surface area contributed by atoms with Crippen LogP contribution in [0.5, 0.6) is 5.75 Å². The zero-order valence-corrected chi connectivity index (χ0v) is 24.3. The lowest BCUT2D eigenvalue weighted by atomic mass is 9.87. The third-order valence-electron chi connectivity index (χ3n) is 8.41. The quantitative estimate of drug-likeness (QED) is 0.450. The molecular formula is C28H48N4O4S. The summed E-state index contributed by atoms with van der Waals surface area (Å²) in [7, 11) is -2.24. The minimum atomic E-state index is -3.75. The van der Waals surface area contributed by atoms with E-state index in [1.165, 1.54) is 56.0 Å². The van der Waals surface area contributed by atoms with Gasteiger partial charge in [0.2, 0.25) is 15.9 Å². The second kappa shape index (κ2) is 13.4. The highest BCUT2D eigenvalue weighted by molar-refractivity contribution is 7.89. The summed E-state index contributed by atoms with van der Waals surface area (Å²) in [6.07, 6.45) is 6.88. The van der Waals surface area contributed by atoms with Gasteiger partial charge in [0.1, 0.15) is 5.75 Å². The number of hydrogen-bond acceptors (Lipinski definition) is 6. The van der Waals surface area contributed by atoms with Crippen molar-refractivity contribution in [3.63, 3.8) is 0 Å². The first-order chi connectivity index (χ1) is 17.5. The topological polar surface area (TPSA) is 93.2 Å². The van der Waals surface area contributed by atoms with Crippen molar-refractivity contribution >= 4 is 15.9 Å². The largest absolute Gasteiger partial charge is 0.508 e. The molecule has 0 radical (unpaired) electrons. The summed E-state index contributed by atoms with van der Waals surface area (Å²) in [5.41, 5.74) is 0.998. The summed E-state index contributed by atoms with van der Waals surface area (Å²) in [4.78, 5) is 18.0. The molecule has 37 heavy (non-hydrogen) atoms. The van der Waals surface area contributed by atoms with Gasteiger partial charge in [-0.1, -0.05) is 13.8 Å². The smallest absolute Gasteiger partial charge is 0.243 e. The fraction of sp³-hybridized carbons (Fsp3) is 0.750. The summed E-state index contributed by atoms with van der Waals surface area (Å²) in [5, 5.41) is 12.9. The molecule has 8 nitrogen and oxygen atoms in total. The Labute approximate surface area is 224 Å². The number of phenols is 1. The number of piperidine rings is 1. The number of nitrogens with one attached hydrogen (secondary N) is 1. The molecule has 3 rings (SSSR count). The van der Waals surface area contributed by atoms with Crippen LogP contribution in [0.15, 0.2) is 17.0 Å². The maximum Gasteiger partial charge on any atom is 0.243 e. The van der Waals surface area contributed by atoms with Crippen LogP contribution in [-0.4, -0.2) is 91.9 Å². The van der Waals surface area contributed by atoms with Gasteiger partial charge in [0, 0.05) is 38.6 Å². The molecular weight excluding hydrogens is 488 g/mol. The van der Waals surface area contributed by atoms with Gasteiger partial charge in [-0.3, -0.25) is 4.79 Å². The molecule has 0 aromatic heterocycles. The molecule has 2 N–H and O–H groups in total. The van der Waals surface area contributed by atoms with Crippen LogP contribution in [0.3, 0.4) is 0 Å². The molecule has 1 heterocycles. The van der Waals surface area contributed by atoms with Gasteiger partial charge in [-0.2, -0.15) is 0 Å². The molecule has 0 unspecified atom stereocenters. The van der Waals surface area contributed by atoms with Gasteiger partial charge in [0.25, 0.3) is 0 Å². The van der Waals surface area contributed by atoms with Crippen LogP contribution in [0, 0.1) is 19.8 Å². The van der Waals surface area contributed by atoms with Gasteiger partial charge in [-0.15, -0.1) is 0 Å². The number of benzene rings is 1. The van der Waals surface area contributed by atoms with Gasteiger partial charge >= 0.3 is 0 Å². The summed E-state index contributed by atoms with van der Waals surface area (Å²) in [6.45, 7) is 13.8. The zero-order valence-electron chi connectivity index (χ0n) is 23.5. The Balaban J connectivity index is 1.40. The Kier molecular flexibility index (Phi) is 10.8. The summed E-state index contributed by atoms with van der Waals surface area (Å²) in [6, 6.07) is 3.69. The average molecular weight is 537 g/mol. The van der Waals surface area contributed by atoms with Crippen LogP contribution >= 0.6 is 0 Å². The highest BCUT2D eigenvalue weighted by Gasteiger charge is 2.30. The van der Waals surface area contributed by atoms with Gasteiger partial charge in [-0.25, -0.2) is 12.7 Å². The van der Waals surface area contributed by atoms with Crippen molar-refractivity contribution in [2.45, 2.75) is 89.6 Å². The molecule has 1 aliphatic heterocycles. The Hall–Kier alpha value is -1.68. The molecule has 0 bridgehead atoms. The second-order valence-corrected chi connectivity index (χ2v) is 13.0. The van der Waals surface area contributed by atoms with E-state index in [0.29, 0.717) is 17.2 Å². The molecule has 1 aromatic rings. The van der Waals surface area contributed by atoms with Crippen molar-refractivity contribution in [3.05, 3.63) is 23.3 Å². The Morgan fingerprint density at radius 1 is 1.03 bits per heavy atom. The predicted molar refractivity (Wildman–Crippen MR) is 148 cm³/mol. The standard InChI is InChI=1S/C28H48N4O4S/c1-6-31(7-2)20-23-12-16-32(17-13-23)25-10-8-24(9-11-25)29-27(34)14-15-30(5)37(35,36)28-21(3)18-26(33)19-22(28)4/h18-19,23-25,33H,6-17,20H2,1-5H3,(H,29,34). The molecule has 1 saturated heterocycles. The lowest BCUT2D eigenvalue weighted by Gasteiger charge is -2.41. The number of rotatable bonds is 11. The maximum atomic E-state index is 13.1. The molecule has 0 spiro atoms. The van der Waals surface area contributed by atoms with Gasteiger partial charge in [0.15, 0.2) is 0 Å². The maximum absolute atomic E-state index is 13.1. The van der Waals surface area contributed by atoms with Crippen molar-refractivity contribution < 1.29 is 18.3 Å². The van der Waals surface area contributed by atoms with E-state index in [2.05, 4.69) is 29.0 Å². The van der Waals surface area contributed by atoms with Gasteiger partial charge in [-0.05, 0) is 108 Å². The van der Waals surface area contributed by atoms with Crippen molar-refractivity contribution in [1.82, 2.24) is 19.4 Å². The van der Waals surface area contributed by atoms with Crippen LogP contribution in [0.4, 0.5) is 0 Å². The summed E-state index contributed by atoms with van der Waals surface area (Å²) >= 11 is 0. The Morgan fingerprint density at radius 3 is 2.14 bits per heavy atom. The normalized spacial score (nSPS) is 22.0. The first-order valence-corrected chi connectivity index (χ1v) is 15.5. The predicted octanol–water partition coefficient (Wildman–Crippen LogP) is 3.50. The third-order valence-corrected chi connectivity index (χ3v) is 10.6. The minimum Gasteiger partial charge on any atom is -0.508 e. The molecule has 210 valence electrons. The molecule has 1 saturated carbocycles. The SMILES string of the molecule is CCN(CC)CC1CCN(C2CCC(NC(=O)CCN(C)S(=O)(=O)c3c(C)cc(O)cc3C)CC2)CC1. The van der Waals surface area contributed by atoms with E-state index in [1.54, 1.807) is 13.8 Å². The van der Waals surface area contributed by atoms with Crippen molar-refractivity contribution in [3.8, 4) is 5.75 Å². The first-order valence-electron chi connectivity index (χ1n) is 14.1. The lowest BCUT2D eigenvalue weighted by Crippen LogP contribution is -2.47. The Bertz CT molecular complexity index is 972. The van der Waals surface area contributed by atoms with Crippen molar-refractivity contribution in [2.24, 2.45) is 5.92 Å². The van der Waals surface area contributed by atoms with Crippen molar-refractivity contribution in [2.75, 3.05) is 46.3 Å². The van der Waals surface area contributed by atoms with E-state index in [4.69, 9.17) is 0 Å². The summed E-state index contributed by atoms with van der Waals surface area (Å²) in [5.74, 6) is 0.767. The second-order valence-electron chi connectivity index (χ2n) is 11.0. The number of amides is 1. The molecule has 0 atom stereocenters. The number of hydrogen-bond donors (Lipinski definition) is 2. The molecule has 9 heteroatoms. The number of carbonyl (C=O) groups excluding carboxylic acids is 1. The van der Waals surface area contributed by atoms with Crippen molar-refractivity contribution in [1.29, 1.82) is 0 Å². The minimum absolute atomic E-state index is 0.0467. The van der Waals surface area contributed by atoms with Crippen LogP contribution in [0.2, 0.25) is 0 Å². The van der Waals surface area contributed by atoms with E-state index in [0.717, 1.165) is 44.7 Å². The monoisotopic (exact) mass is 536 g/mol. The van der Waals surface area contributed by atoms with Gasteiger partial charge in [0.05, 0.1) is 4.90 Å². The van der Waals surface area contributed by atoms with Crippen LogP contribution < -0.4 is 5.32 Å². The number of aryl methyl sites for hydroxylation is 2. The number of phenolic OH excluding ortho intramolecular Hbond substituents is 1. The van der Waals surface area contributed by atoms with E-state index in [-0.39, 0.29) is 35.6 Å². The average Bonchev–Trinajstić information content (AvgIpc) is 2.86. The molecule has 2 fully saturated rings. The van der Waals surface area contributed by atoms with E-state index >= 15 is 0 Å². The highest BCUT2D eigenvalue weighted by Crippen LogP contribution is 2.29. The first kappa shape index (κ1) is 29.9. The highest BCUT2D eigenvalue weighted by atomic mass is 32.2. The summed E-state index contributed by atoms with van der Waals surface area (Å²) < 4.78 is 27.4. The van der Waals surface area contributed by atoms with Crippen LogP contribution in [0.25, 0.3) is 0 Å². The number of aromatic hydroxyl groups is 1. The third kappa shape index (κ3) is 7.91. The molecule has 1 aliphatic carbocycles. The number of sulfonamides is 1. The fourth-order valence-corrected chi connectivity index (χ4v) is 7.68. The van der Waals surface area contributed by atoms with Crippen LogP contribution in [-0.2, 0) is 14.8 Å². The zero-order chi connectivity index (χ0) is 27.2. The molecule has 1 amide bonds. The number of carbonyl (C=O) groups is 1. The lowest BCUT2D eigenvalue weighted by molar-refractivity contribution is -0.122. The molecule has 1 aromatic carbocycles.